The van der Waals surface area contributed by atoms with Crippen LogP contribution in [-0.4, -0.2) is 13.7 Å². The predicted octanol–water partition coefficient (Wildman–Crippen LogP) is 2.22. The van der Waals surface area contributed by atoms with Crippen molar-refractivity contribution in [3.8, 4) is 0 Å². The third kappa shape index (κ3) is 2.03. The molecular formula is C15H14FNO2S. The van der Waals surface area contributed by atoms with Gasteiger partial charge in [0.2, 0.25) is 0 Å². The van der Waals surface area contributed by atoms with Crippen LogP contribution in [0.4, 0.5) is 4.39 Å². The number of fused-ring (bicyclic) bond motifs is 1. The molecule has 1 aliphatic rings. The van der Waals surface area contributed by atoms with E-state index in [-0.39, 0.29) is 4.90 Å². The number of halogens is 1. The average Bonchev–Trinajstić information content (AvgIpc) is 2.78. The van der Waals surface area contributed by atoms with Crippen molar-refractivity contribution in [3.63, 3.8) is 0 Å². The lowest BCUT2D eigenvalue weighted by molar-refractivity contribution is 0.564. The molecule has 20 heavy (non-hydrogen) atoms. The smallest absolute Gasteiger partial charge is 0.183 e. The normalized spacial score (nSPS) is 21.7. The summed E-state index contributed by atoms with van der Waals surface area (Å²) in [6, 6.07) is 11.8. The zero-order chi connectivity index (χ0) is 14.3. The second-order valence-electron chi connectivity index (χ2n) is 4.97. The molecule has 0 aromatic heterocycles. The molecule has 0 radical (unpaired) electrons. The van der Waals surface area contributed by atoms with Crippen molar-refractivity contribution in [1.82, 2.24) is 0 Å². The Morgan fingerprint density at radius 1 is 1.05 bits per heavy atom. The molecule has 104 valence electrons. The Hall–Kier alpha value is -1.72. The van der Waals surface area contributed by atoms with Crippen LogP contribution in [0.3, 0.4) is 0 Å². The lowest BCUT2D eigenvalue weighted by Gasteiger charge is -2.16. The van der Waals surface area contributed by atoms with Crippen LogP contribution >= 0.6 is 0 Å². The van der Waals surface area contributed by atoms with Crippen LogP contribution in [0.25, 0.3) is 0 Å². The molecule has 0 heterocycles. The van der Waals surface area contributed by atoms with Gasteiger partial charge in [0.05, 0.1) is 10.1 Å². The van der Waals surface area contributed by atoms with E-state index >= 15 is 0 Å². The monoisotopic (exact) mass is 291 g/mol. The van der Waals surface area contributed by atoms with Crippen molar-refractivity contribution >= 4 is 9.84 Å². The average molecular weight is 291 g/mol. The summed E-state index contributed by atoms with van der Waals surface area (Å²) in [6.45, 7) is 0. The lowest BCUT2D eigenvalue weighted by atomic mass is 10.1. The van der Waals surface area contributed by atoms with Crippen molar-refractivity contribution in [2.45, 2.75) is 22.6 Å². The Morgan fingerprint density at radius 2 is 1.70 bits per heavy atom. The van der Waals surface area contributed by atoms with E-state index in [2.05, 4.69) is 0 Å². The summed E-state index contributed by atoms with van der Waals surface area (Å²) < 4.78 is 38.2. The van der Waals surface area contributed by atoms with Gasteiger partial charge in [0.1, 0.15) is 5.82 Å². The molecule has 2 atom stereocenters. The largest absolute Gasteiger partial charge is 0.323 e. The molecule has 0 saturated heterocycles. The van der Waals surface area contributed by atoms with E-state index in [1.54, 1.807) is 0 Å². The Balaban J connectivity index is 2.00. The van der Waals surface area contributed by atoms with Gasteiger partial charge < -0.3 is 5.73 Å². The highest BCUT2D eigenvalue weighted by Gasteiger charge is 2.39. The van der Waals surface area contributed by atoms with E-state index in [1.807, 2.05) is 24.3 Å². The summed E-state index contributed by atoms with van der Waals surface area (Å²) >= 11 is 0. The molecule has 2 N–H and O–H groups in total. The standard InChI is InChI=1S/C15H14FNO2S/c16-11-5-7-12(8-6-11)20(18,19)14-9-10-3-1-2-4-13(10)15(14)17/h1-8,14-15H,9,17H2. The van der Waals surface area contributed by atoms with Gasteiger partial charge in [-0.1, -0.05) is 24.3 Å². The zero-order valence-corrected chi connectivity index (χ0v) is 11.5. The molecule has 0 spiro atoms. The summed E-state index contributed by atoms with van der Waals surface area (Å²) in [5, 5.41) is -0.689. The van der Waals surface area contributed by atoms with E-state index in [4.69, 9.17) is 5.73 Å². The first kappa shape index (κ1) is 13.3. The zero-order valence-electron chi connectivity index (χ0n) is 10.7. The first-order valence-electron chi connectivity index (χ1n) is 6.33. The number of rotatable bonds is 2. The van der Waals surface area contributed by atoms with Crippen LogP contribution in [0, 0.1) is 5.82 Å². The number of nitrogens with two attached hydrogens (primary N) is 1. The molecule has 2 aromatic carbocycles. The molecule has 0 amide bonds. The SMILES string of the molecule is NC1c2ccccc2CC1S(=O)(=O)c1ccc(F)cc1. The molecule has 2 aromatic rings. The third-order valence-electron chi connectivity index (χ3n) is 3.78. The second kappa shape index (κ2) is 4.68. The van der Waals surface area contributed by atoms with Crippen molar-refractivity contribution in [2.75, 3.05) is 0 Å². The first-order valence-corrected chi connectivity index (χ1v) is 7.87. The molecule has 0 saturated carbocycles. The van der Waals surface area contributed by atoms with Crippen LogP contribution < -0.4 is 5.73 Å². The number of benzene rings is 2. The van der Waals surface area contributed by atoms with Crippen LogP contribution in [0.15, 0.2) is 53.4 Å². The Kier molecular flexibility index (Phi) is 3.11. The molecule has 1 aliphatic carbocycles. The summed E-state index contributed by atoms with van der Waals surface area (Å²) in [5.41, 5.74) is 7.94. The molecule has 3 nitrogen and oxygen atoms in total. The lowest BCUT2D eigenvalue weighted by Crippen LogP contribution is -2.30. The maximum Gasteiger partial charge on any atom is 0.183 e. The Bertz CT molecular complexity index is 741. The highest BCUT2D eigenvalue weighted by atomic mass is 32.2. The van der Waals surface area contributed by atoms with Gasteiger partial charge in [-0.25, -0.2) is 12.8 Å². The molecule has 0 aliphatic heterocycles. The second-order valence-corrected chi connectivity index (χ2v) is 7.13. The van der Waals surface area contributed by atoms with E-state index < -0.39 is 26.9 Å². The van der Waals surface area contributed by atoms with Crippen molar-refractivity contribution < 1.29 is 12.8 Å². The van der Waals surface area contributed by atoms with Gasteiger partial charge >= 0.3 is 0 Å². The number of hydrogen-bond acceptors (Lipinski definition) is 3. The number of sulfone groups is 1. The fourth-order valence-corrected chi connectivity index (χ4v) is 4.49. The summed E-state index contributed by atoms with van der Waals surface area (Å²) in [6.07, 6.45) is 0.400. The highest BCUT2D eigenvalue weighted by molar-refractivity contribution is 7.92. The van der Waals surface area contributed by atoms with Crippen LogP contribution in [-0.2, 0) is 16.3 Å². The fraction of sp³-hybridized carbons (Fsp3) is 0.200. The summed E-state index contributed by atoms with van der Waals surface area (Å²) in [5.74, 6) is -0.456. The van der Waals surface area contributed by atoms with Gasteiger partial charge in [0.15, 0.2) is 9.84 Å². The predicted molar refractivity (Wildman–Crippen MR) is 74.4 cm³/mol. The minimum atomic E-state index is -3.56. The molecule has 2 unspecified atom stereocenters. The van der Waals surface area contributed by atoms with Crippen molar-refractivity contribution in [1.29, 1.82) is 0 Å². The molecule has 3 rings (SSSR count). The minimum absolute atomic E-state index is 0.118. The summed E-state index contributed by atoms with van der Waals surface area (Å²) in [4.78, 5) is 0.118. The van der Waals surface area contributed by atoms with Gasteiger partial charge in [0, 0.05) is 6.04 Å². The van der Waals surface area contributed by atoms with Gasteiger partial charge in [0.25, 0.3) is 0 Å². The van der Waals surface area contributed by atoms with E-state index in [1.165, 1.54) is 12.1 Å². The topological polar surface area (TPSA) is 60.2 Å². The Morgan fingerprint density at radius 3 is 2.35 bits per heavy atom. The maximum atomic E-state index is 12.9. The molecule has 0 fully saturated rings. The third-order valence-corrected chi connectivity index (χ3v) is 5.96. The maximum absolute atomic E-state index is 12.9. The Labute approximate surface area is 117 Å². The van der Waals surface area contributed by atoms with Crippen molar-refractivity contribution in [2.24, 2.45) is 5.73 Å². The highest BCUT2D eigenvalue weighted by Crippen LogP contribution is 2.36. The molecule has 0 bridgehead atoms. The quantitative estimate of drug-likeness (QED) is 0.863. The van der Waals surface area contributed by atoms with Gasteiger partial charge in [-0.05, 0) is 41.8 Å². The van der Waals surface area contributed by atoms with Gasteiger partial charge in [-0.3, -0.25) is 0 Å². The van der Waals surface area contributed by atoms with E-state index in [0.717, 1.165) is 23.3 Å². The van der Waals surface area contributed by atoms with E-state index in [0.29, 0.717) is 6.42 Å². The van der Waals surface area contributed by atoms with Crippen molar-refractivity contribution in [3.05, 3.63) is 65.5 Å². The minimum Gasteiger partial charge on any atom is -0.323 e. The summed E-state index contributed by atoms with van der Waals surface area (Å²) in [7, 11) is -3.56. The molecule has 5 heteroatoms. The van der Waals surface area contributed by atoms with Gasteiger partial charge in [-0.2, -0.15) is 0 Å². The van der Waals surface area contributed by atoms with Gasteiger partial charge in [-0.15, -0.1) is 0 Å². The van der Waals surface area contributed by atoms with Crippen LogP contribution in [0.1, 0.15) is 17.2 Å². The van der Waals surface area contributed by atoms with E-state index in [9.17, 15) is 12.8 Å². The van der Waals surface area contributed by atoms with Crippen LogP contribution in [0.5, 0.6) is 0 Å². The van der Waals surface area contributed by atoms with Crippen LogP contribution in [0.2, 0.25) is 0 Å². The number of hydrogen-bond donors (Lipinski definition) is 1. The fourth-order valence-electron chi connectivity index (χ4n) is 2.69. The molecular weight excluding hydrogens is 277 g/mol. The first-order chi connectivity index (χ1) is 9.50.